The number of para-hydroxylation sites is 2. The summed E-state index contributed by atoms with van der Waals surface area (Å²) in [7, 11) is 0. The Morgan fingerprint density at radius 3 is 2.32 bits per heavy atom. The second-order valence-electron chi connectivity index (χ2n) is 6.46. The van der Waals surface area contributed by atoms with Crippen LogP contribution in [0.3, 0.4) is 0 Å². The van der Waals surface area contributed by atoms with E-state index in [2.05, 4.69) is 10.6 Å². The Bertz CT molecular complexity index is 805. The highest BCUT2D eigenvalue weighted by atomic mass is 16.6. The third-order valence-corrected chi connectivity index (χ3v) is 3.58. The minimum absolute atomic E-state index is 0.280. The number of rotatable bonds is 9. The van der Waals surface area contributed by atoms with Gasteiger partial charge in [0.25, 0.3) is 11.8 Å². The molecule has 7 nitrogen and oxygen atoms in total. The van der Waals surface area contributed by atoms with Crippen LogP contribution in [0.2, 0.25) is 0 Å². The Balaban J connectivity index is 1.82. The Kier molecular flexibility index (Phi) is 8.02. The first kappa shape index (κ1) is 21.0. The molecule has 2 amide bonds. The summed E-state index contributed by atoms with van der Waals surface area (Å²) in [4.78, 5) is 36.1. The molecule has 2 aromatic rings. The van der Waals surface area contributed by atoms with E-state index < -0.39 is 18.5 Å². The normalized spacial score (nSPS) is 10.2. The highest BCUT2D eigenvalue weighted by Crippen LogP contribution is 2.15. The SMILES string of the molecule is CC(C)CNC(=O)c1ccccc1NC(=O)COC(=O)COc1ccccc1. The number of nitrogens with one attached hydrogen (secondary N) is 2. The number of carbonyl (C=O) groups excluding carboxylic acids is 3. The summed E-state index contributed by atoms with van der Waals surface area (Å²) < 4.78 is 10.2. The fourth-order valence-corrected chi connectivity index (χ4v) is 2.22. The highest BCUT2D eigenvalue weighted by molar-refractivity contribution is 6.04. The van der Waals surface area contributed by atoms with Crippen molar-refractivity contribution in [2.75, 3.05) is 25.1 Å². The maximum Gasteiger partial charge on any atom is 0.344 e. The minimum atomic E-state index is -0.665. The van der Waals surface area contributed by atoms with E-state index in [4.69, 9.17) is 9.47 Å². The van der Waals surface area contributed by atoms with Crippen LogP contribution in [0.15, 0.2) is 54.6 Å². The molecule has 7 heteroatoms. The predicted molar refractivity (Wildman–Crippen MR) is 105 cm³/mol. The Hall–Kier alpha value is -3.35. The summed E-state index contributed by atoms with van der Waals surface area (Å²) in [6.45, 7) is 3.73. The van der Waals surface area contributed by atoms with E-state index in [1.165, 1.54) is 0 Å². The molecule has 148 valence electrons. The first-order chi connectivity index (χ1) is 13.5. The van der Waals surface area contributed by atoms with E-state index in [-0.39, 0.29) is 12.5 Å². The molecule has 2 N–H and O–H groups in total. The van der Waals surface area contributed by atoms with E-state index in [1.54, 1.807) is 48.5 Å². The molecule has 0 heterocycles. The number of hydrogen-bond donors (Lipinski definition) is 2. The fourth-order valence-electron chi connectivity index (χ4n) is 2.22. The standard InChI is InChI=1S/C21H24N2O5/c1-15(2)12-22-21(26)17-10-6-7-11-18(17)23-19(24)13-28-20(25)14-27-16-8-4-3-5-9-16/h3-11,15H,12-14H2,1-2H3,(H,22,26)(H,23,24). The molecular weight excluding hydrogens is 360 g/mol. The lowest BCUT2D eigenvalue weighted by Crippen LogP contribution is -2.29. The maximum atomic E-state index is 12.3. The largest absolute Gasteiger partial charge is 0.482 e. The molecule has 2 aromatic carbocycles. The van der Waals surface area contributed by atoms with Crippen LogP contribution < -0.4 is 15.4 Å². The summed E-state index contributed by atoms with van der Waals surface area (Å²) >= 11 is 0. The van der Waals surface area contributed by atoms with Crippen LogP contribution in [0.5, 0.6) is 5.75 Å². The molecule has 0 atom stereocenters. The third-order valence-electron chi connectivity index (χ3n) is 3.58. The van der Waals surface area contributed by atoms with E-state index >= 15 is 0 Å². The zero-order valence-corrected chi connectivity index (χ0v) is 15.9. The maximum absolute atomic E-state index is 12.3. The number of amides is 2. The van der Waals surface area contributed by atoms with Crippen LogP contribution in [-0.2, 0) is 14.3 Å². The molecule has 0 saturated carbocycles. The van der Waals surface area contributed by atoms with Crippen molar-refractivity contribution in [2.24, 2.45) is 5.92 Å². The van der Waals surface area contributed by atoms with Crippen molar-refractivity contribution in [3.05, 3.63) is 60.2 Å². The molecule has 0 saturated heterocycles. The van der Waals surface area contributed by atoms with Gasteiger partial charge in [-0.1, -0.05) is 44.2 Å². The number of hydrogen-bond acceptors (Lipinski definition) is 5. The summed E-state index contributed by atoms with van der Waals surface area (Å²) in [5.41, 5.74) is 0.695. The average molecular weight is 384 g/mol. The van der Waals surface area contributed by atoms with Crippen molar-refractivity contribution < 1.29 is 23.9 Å². The van der Waals surface area contributed by atoms with Gasteiger partial charge in [-0.2, -0.15) is 0 Å². The number of carbonyl (C=O) groups is 3. The Morgan fingerprint density at radius 2 is 1.61 bits per heavy atom. The van der Waals surface area contributed by atoms with Crippen molar-refractivity contribution in [1.29, 1.82) is 0 Å². The van der Waals surface area contributed by atoms with Crippen LogP contribution in [0.1, 0.15) is 24.2 Å². The van der Waals surface area contributed by atoms with E-state index in [1.807, 2.05) is 19.9 Å². The van der Waals surface area contributed by atoms with Crippen LogP contribution in [-0.4, -0.2) is 37.5 Å². The smallest absolute Gasteiger partial charge is 0.344 e. The van der Waals surface area contributed by atoms with Gasteiger partial charge in [0.15, 0.2) is 13.2 Å². The Labute approximate surface area is 164 Å². The van der Waals surface area contributed by atoms with Gasteiger partial charge in [0, 0.05) is 6.54 Å². The zero-order valence-electron chi connectivity index (χ0n) is 15.9. The van der Waals surface area contributed by atoms with Gasteiger partial charge in [-0.05, 0) is 30.2 Å². The van der Waals surface area contributed by atoms with Gasteiger partial charge in [-0.15, -0.1) is 0 Å². The van der Waals surface area contributed by atoms with Crippen LogP contribution >= 0.6 is 0 Å². The molecule has 0 unspecified atom stereocenters. The third kappa shape index (κ3) is 7.11. The molecular formula is C21H24N2O5. The second-order valence-corrected chi connectivity index (χ2v) is 6.46. The predicted octanol–water partition coefficient (Wildman–Crippen LogP) is 2.63. The number of esters is 1. The zero-order chi connectivity index (χ0) is 20.4. The van der Waals surface area contributed by atoms with Gasteiger partial charge in [0.2, 0.25) is 0 Å². The first-order valence-corrected chi connectivity index (χ1v) is 8.96. The van der Waals surface area contributed by atoms with Gasteiger partial charge in [0.1, 0.15) is 5.75 Å². The van der Waals surface area contributed by atoms with Crippen molar-refractivity contribution in [1.82, 2.24) is 5.32 Å². The molecule has 0 bridgehead atoms. The average Bonchev–Trinajstić information content (AvgIpc) is 2.70. The molecule has 0 aromatic heterocycles. The van der Waals surface area contributed by atoms with Crippen molar-refractivity contribution in [3.63, 3.8) is 0 Å². The summed E-state index contributed by atoms with van der Waals surface area (Å²) in [5.74, 6) is -0.648. The Morgan fingerprint density at radius 1 is 0.929 bits per heavy atom. The van der Waals surface area contributed by atoms with E-state index in [0.717, 1.165) is 0 Å². The quantitative estimate of drug-likeness (QED) is 0.648. The van der Waals surface area contributed by atoms with Crippen molar-refractivity contribution in [2.45, 2.75) is 13.8 Å². The van der Waals surface area contributed by atoms with E-state index in [9.17, 15) is 14.4 Å². The van der Waals surface area contributed by atoms with E-state index in [0.29, 0.717) is 29.5 Å². The van der Waals surface area contributed by atoms with Gasteiger partial charge in [-0.25, -0.2) is 4.79 Å². The van der Waals surface area contributed by atoms with Crippen LogP contribution in [0.4, 0.5) is 5.69 Å². The fraction of sp³-hybridized carbons (Fsp3) is 0.286. The van der Waals surface area contributed by atoms with Gasteiger partial charge < -0.3 is 20.1 Å². The number of ether oxygens (including phenoxy) is 2. The lowest BCUT2D eigenvalue weighted by molar-refractivity contribution is -0.149. The number of anilines is 1. The molecule has 0 aliphatic rings. The van der Waals surface area contributed by atoms with Crippen LogP contribution in [0.25, 0.3) is 0 Å². The lowest BCUT2D eigenvalue weighted by atomic mass is 10.1. The van der Waals surface area contributed by atoms with Gasteiger partial charge in [-0.3, -0.25) is 9.59 Å². The summed E-state index contributed by atoms with van der Waals surface area (Å²) in [5, 5.41) is 5.39. The number of benzene rings is 2. The van der Waals surface area contributed by atoms with Crippen molar-refractivity contribution in [3.8, 4) is 5.75 Å². The molecule has 0 fully saturated rings. The lowest BCUT2D eigenvalue weighted by Gasteiger charge is -2.12. The van der Waals surface area contributed by atoms with Gasteiger partial charge in [0.05, 0.1) is 11.3 Å². The van der Waals surface area contributed by atoms with Crippen LogP contribution in [0, 0.1) is 5.92 Å². The highest BCUT2D eigenvalue weighted by Gasteiger charge is 2.14. The molecule has 2 rings (SSSR count). The topological polar surface area (TPSA) is 93.7 Å². The summed E-state index contributed by atoms with van der Waals surface area (Å²) in [6.07, 6.45) is 0. The molecule has 0 radical (unpaired) electrons. The summed E-state index contributed by atoms with van der Waals surface area (Å²) in [6, 6.07) is 15.5. The minimum Gasteiger partial charge on any atom is -0.482 e. The monoisotopic (exact) mass is 384 g/mol. The van der Waals surface area contributed by atoms with Crippen molar-refractivity contribution >= 4 is 23.5 Å². The molecule has 28 heavy (non-hydrogen) atoms. The molecule has 0 spiro atoms. The first-order valence-electron chi connectivity index (χ1n) is 8.96. The molecule has 0 aliphatic heterocycles. The van der Waals surface area contributed by atoms with Gasteiger partial charge >= 0.3 is 5.97 Å². The second kappa shape index (κ2) is 10.7. The molecule has 0 aliphatic carbocycles.